The second kappa shape index (κ2) is 7.86. The number of hydrogen-bond donors (Lipinski definition) is 1. The fourth-order valence-electron chi connectivity index (χ4n) is 5.21. The molecular weight excluding hydrogens is 362 g/mol. The van der Waals surface area contributed by atoms with Crippen LogP contribution in [0.3, 0.4) is 0 Å². The molecule has 1 N–H and O–H groups in total. The summed E-state index contributed by atoms with van der Waals surface area (Å²) in [6.07, 6.45) is 12.7. The van der Waals surface area contributed by atoms with E-state index in [0.29, 0.717) is 18.0 Å². The summed E-state index contributed by atoms with van der Waals surface area (Å²) >= 11 is 0. The third-order valence-electron chi connectivity index (χ3n) is 6.56. The van der Waals surface area contributed by atoms with Crippen molar-refractivity contribution >= 4 is 23.2 Å². The predicted molar refractivity (Wildman–Crippen MR) is 115 cm³/mol. The molecule has 0 saturated heterocycles. The standard InChI is InChI=1S/C25H27NO3/c1-3-17-12-16(15-27)14-26-22-13-19(25(28)29)10-11-21(22)23(24(26)20(17)4-2)18-8-6-5-7-9-18/h3-4,10-13,15,17-18,20H,1-2,5-9,14H2,(H,28,29). The van der Waals surface area contributed by atoms with E-state index >= 15 is 0 Å². The first-order chi connectivity index (χ1) is 14.1. The van der Waals surface area contributed by atoms with Crippen LogP contribution in [-0.2, 0) is 11.3 Å². The minimum Gasteiger partial charge on any atom is -0.478 e. The zero-order valence-electron chi connectivity index (χ0n) is 16.6. The van der Waals surface area contributed by atoms with E-state index in [1.54, 1.807) is 12.1 Å². The largest absolute Gasteiger partial charge is 0.478 e. The molecule has 2 aromatic rings. The normalized spacial score (nSPS) is 22.4. The maximum Gasteiger partial charge on any atom is 0.335 e. The number of carboxylic acid groups (broad SMARTS) is 1. The van der Waals surface area contributed by atoms with Gasteiger partial charge < -0.3 is 9.67 Å². The number of carboxylic acids is 1. The lowest BCUT2D eigenvalue weighted by Crippen LogP contribution is -2.14. The van der Waals surface area contributed by atoms with Crippen LogP contribution in [0, 0.1) is 5.92 Å². The van der Waals surface area contributed by atoms with E-state index in [2.05, 4.69) is 17.7 Å². The zero-order chi connectivity index (χ0) is 20.5. The molecular formula is C25H27NO3. The van der Waals surface area contributed by atoms with E-state index in [1.165, 1.54) is 30.5 Å². The van der Waals surface area contributed by atoms with Crippen LogP contribution in [0.5, 0.6) is 0 Å². The van der Waals surface area contributed by atoms with E-state index in [-0.39, 0.29) is 17.4 Å². The Labute approximate surface area is 171 Å². The Morgan fingerprint density at radius 1 is 1.14 bits per heavy atom. The number of carbonyl (C=O) groups excluding carboxylic acids is 1. The maximum absolute atomic E-state index is 11.8. The molecule has 4 nitrogen and oxygen atoms in total. The summed E-state index contributed by atoms with van der Waals surface area (Å²) in [4.78, 5) is 23.4. The molecule has 1 aromatic heterocycles. The van der Waals surface area contributed by atoms with Crippen molar-refractivity contribution < 1.29 is 14.7 Å². The van der Waals surface area contributed by atoms with Crippen molar-refractivity contribution in [2.24, 2.45) is 5.92 Å². The SMILES string of the molecule is C=CC1C=C(C=O)Cn2c(c(C3CCCCC3)c3ccc(C(=O)O)cc32)C1C=C. The van der Waals surface area contributed by atoms with Crippen LogP contribution in [0.1, 0.15) is 65.6 Å². The highest BCUT2D eigenvalue weighted by atomic mass is 16.4. The topological polar surface area (TPSA) is 59.3 Å². The molecule has 2 unspecified atom stereocenters. The lowest BCUT2D eigenvalue weighted by atomic mass is 9.78. The van der Waals surface area contributed by atoms with Gasteiger partial charge in [-0.2, -0.15) is 0 Å². The number of aromatic carboxylic acids is 1. The lowest BCUT2D eigenvalue weighted by Gasteiger charge is -2.27. The van der Waals surface area contributed by atoms with Gasteiger partial charge in [0.25, 0.3) is 0 Å². The number of allylic oxidation sites excluding steroid dienone is 4. The molecule has 150 valence electrons. The van der Waals surface area contributed by atoms with E-state index < -0.39 is 5.97 Å². The summed E-state index contributed by atoms with van der Waals surface area (Å²) in [7, 11) is 0. The van der Waals surface area contributed by atoms with Crippen molar-refractivity contribution in [2.45, 2.75) is 50.5 Å². The van der Waals surface area contributed by atoms with E-state index in [1.807, 2.05) is 24.3 Å². The van der Waals surface area contributed by atoms with Crippen molar-refractivity contribution in [3.63, 3.8) is 0 Å². The van der Waals surface area contributed by atoms with Gasteiger partial charge in [0.05, 0.1) is 12.1 Å². The van der Waals surface area contributed by atoms with Gasteiger partial charge in [0.15, 0.2) is 0 Å². The molecule has 1 aliphatic carbocycles. The second-order valence-corrected chi connectivity index (χ2v) is 8.19. The van der Waals surface area contributed by atoms with Crippen LogP contribution in [0.2, 0.25) is 0 Å². The molecule has 0 amide bonds. The summed E-state index contributed by atoms with van der Waals surface area (Å²) in [5.74, 6) is -0.503. The highest BCUT2D eigenvalue weighted by molar-refractivity contribution is 5.96. The molecule has 2 atom stereocenters. The van der Waals surface area contributed by atoms with Crippen molar-refractivity contribution in [2.75, 3.05) is 0 Å². The molecule has 0 bridgehead atoms. The van der Waals surface area contributed by atoms with Crippen LogP contribution in [0.15, 0.2) is 55.2 Å². The van der Waals surface area contributed by atoms with Crippen LogP contribution >= 0.6 is 0 Å². The van der Waals surface area contributed by atoms with Gasteiger partial charge in [-0.1, -0.05) is 43.6 Å². The van der Waals surface area contributed by atoms with Gasteiger partial charge in [-0.05, 0) is 36.5 Å². The summed E-state index contributed by atoms with van der Waals surface area (Å²) in [5.41, 5.74) is 4.33. The molecule has 1 aromatic carbocycles. The van der Waals surface area contributed by atoms with Gasteiger partial charge >= 0.3 is 5.97 Å². The molecule has 2 aliphatic rings. The first-order valence-electron chi connectivity index (χ1n) is 10.4. The number of rotatable bonds is 5. The quantitative estimate of drug-likeness (QED) is 0.535. The molecule has 4 heteroatoms. The Kier molecular flexibility index (Phi) is 5.27. The fourth-order valence-corrected chi connectivity index (χ4v) is 5.21. The number of aromatic nitrogens is 1. The third kappa shape index (κ3) is 3.27. The number of hydrogen-bond acceptors (Lipinski definition) is 2. The lowest BCUT2D eigenvalue weighted by molar-refractivity contribution is -0.105. The van der Waals surface area contributed by atoms with Crippen LogP contribution in [-0.4, -0.2) is 21.9 Å². The number of fused-ring (bicyclic) bond motifs is 3. The first-order valence-corrected chi connectivity index (χ1v) is 10.4. The molecule has 29 heavy (non-hydrogen) atoms. The van der Waals surface area contributed by atoms with Crippen molar-refractivity contribution in [3.05, 3.63) is 72.0 Å². The number of nitrogens with zero attached hydrogens (tertiary/aromatic N) is 1. The highest BCUT2D eigenvalue weighted by Crippen LogP contribution is 2.46. The van der Waals surface area contributed by atoms with Crippen molar-refractivity contribution in [1.29, 1.82) is 0 Å². The second-order valence-electron chi connectivity index (χ2n) is 8.19. The molecule has 0 spiro atoms. The number of carbonyl (C=O) groups is 2. The average Bonchev–Trinajstić information content (AvgIpc) is 2.96. The minimum atomic E-state index is -0.939. The predicted octanol–water partition coefficient (Wildman–Crippen LogP) is 5.60. The van der Waals surface area contributed by atoms with Crippen LogP contribution in [0.25, 0.3) is 10.9 Å². The zero-order valence-corrected chi connectivity index (χ0v) is 16.6. The van der Waals surface area contributed by atoms with Crippen LogP contribution in [0.4, 0.5) is 0 Å². The van der Waals surface area contributed by atoms with Gasteiger partial charge in [-0.25, -0.2) is 4.79 Å². The van der Waals surface area contributed by atoms with Crippen molar-refractivity contribution in [3.8, 4) is 0 Å². The summed E-state index contributed by atoms with van der Waals surface area (Å²) in [6.45, 7) is 8.55. The van der Waals surface area contributed by atoms with E-state index in [0.717, 1.165) is 30.0 Å². The molecule has 0 radical (unpaired) electrons. The Balaban J connectivity index is 2.05. The fraction of sp³-hybridized carbons (Fsp3) is 0.360. The Morgan fingerprint density at radius 3 is 2.52 bits per heavy atom. The molecule has 1 aliphatic heterocycles. The smallest absolute Gasteiger partial charge is 0.335 e. The minimum absolute atomic E-state index is 0.00237. The maximum atomic E-state index is 11.8. The van der Waals surface area contributed by atoms with Gasteiger partial charge in [-0.15, -0.1) is 13.2 Å². The number of aldehydes is 1. The highest BCUT2D eigenvalue weighted by Gasteiger charge is 2.33. The van der Waals surface area contributed by atoms with Gasteiger partial charge in [0.2, 0.25) is 0 Å². The Hall–Kier alpha value is -2.88. The first kappa shape index (κ1) is 19.4. The van der Waals surface area contributed by atoms with Gasteiger partial charge in [0, 0.05) is 34.0 Å². The van der Waals surface area contributed by atoms with Crippen LogP contribution < -0.4 is 0 Å². The van der Waals surface area contributed by atoms with E-state index in [9.17, 15) is 14.7 Å². The molecule has 1 saturated carbocycles. The summed E-state index contributed by atoms with van der Waals surface area (Å²) in [6, 6.07) is 5.41. The summed E-state index contributed by atoms with van der Waals surface area (Å²) < 4.78 is 2.15. The molecule has 4 rings (SSSR count). The number of benzene rings is 1. The Morgan fingerprint density at radius 2 is 1.90 bits per heavy atom. The monoisotopic (exact) mass is 389 g/mol. The van der Waals surface area contributed by atoms with Gasteiger partial charge in [-0.3, -0.25) is 4.79 Å². The van der Waals surface area contributed by atoms with Gasteiger partial charge in [0.1, 0.15) is 6.29 Å². The third-order valence-corrected chi connectivity index (χ3v) is 6.56. The Bertz CT molecular complexity index is 1020. The average molecular weight is 389 g/mol. The van der Waals surface area contributed by atoms with Crippen molar-refractivity contribution in [1.82, 2.24) is 4.57 Å². The summed E-state index contributed by atoms with van der Waals surface area (Å²) in [5, 5.41) is 10.6. The molecule has 1 fully saturated rings. The molecule has 2 heterocycles. The van der Waals surface area contributed by atoms with E-state index in [4.69, 9.17) is 0 Å².